The number of carboxylic acid groups (broad SMARTS) is 1. The summed E-state index contributed by atoms with van der Waals surface area (Å²) in [7, 11) is 0. The molecular formula is C13H25NO3. The predicted octanol–water partition coefficient (Wildman–Crippen LogP) is 2.32. The topological polar surface area (TPSA) is 57.6 Å². The van der Waals surface area contributed by atoms with E-state index < -0.39 is 12.0 Å². The summed E-state index contributed by atoms with van der Waals surface area (Å²) < 4.78 is 0. The Morgan fingerprint density at radius 1 is 1.12 bits per heavy atom. The molecule has 17 heavy (non-hydrogen) atoms. The minimum atomic E-state index is -0.882. The van der Waals surface area contributed by atoms with Gasteiger partial charge in [-0.05, 0) is 32.9 Å². The summed E-state index contributed by atoms with van der Waals surface area (Å²) in [5.74, 6) is -0.942. The van der Waals surface area contributed by atoms with Gasteiger partial charge in [-0.1, -0.05) is 26.7 Å². The summed E-state index contributed by atoms with van der Waals surface area (Å²) in [6, 6.07) is -0.648. The van der Waals surface area contributed by atoms with E-state index in [-0.39, 0.29) is 12.2 Å². The third kappa shape index (κ3) is 7.10. The number of carbonyl (C=O) groups excluding carboxylic acids is 1. The molecule has 1 N–H and O–H groups in total. The van der Waals surface area contributed by atoms with E-state index in [2.05, 4.69) is 13.8 Å². The van der Waals surface area contributed by atoms with Crippen LogP contribution < -0.4 is 0 Å². The minimum absolute atomic E-state index is 0.0598. The normalized spacial score (nSPS) is 12.7. The lowest BCUT2D eigenvalue weighted by atomic mass is 10.1. The molecule has 0 saturated carbocycles. The van der Waals surface area contributed by atoms with E-state index in [0.717, 1.165) is 38.8 Å². The van der Waals surface area contributed by atoms with Crippen molar-refractivity contribution in [3.63, 3.8) is 0 Å². The molecule has 1 atom stereocenters. The zero-order valence-corrected chi connectivity index (χ0v) is 11.2. The van der Waals surface area contributed by atoms with Crippen LogP contribution in [-0.2, 0) is 9.59 Å². The van der Waals surface area contributed by atoms with Gasteiger partial charge in [-0.15, -0.1) is 0 Å². The molecule has 1 unspecified atom stereocenters. The number of ketones is 1. The van der Waals surface area contributed by atoms with Gasteiger partial charge in [0.05, 0.1) is 0 Å². The van der Waals surface area contributed by atoms with Crippen molar-refractivity contribution < 1.29 is 14.7 Å². The summed E-state index contributed by atoms with van der Waals surface area (Å²) in [5, 5.41) is 9.20. The average Bonchev–Trinajstić information content (AvgIpc) is 2.26. The quantitative estimate of drug-likeness (QED) is 0.639. The summed E-state index contributed by atoms with van der Waals surface area (Å²) in [6.45, 7) is 7.15. The Morgan fingerprint density at radius 3 is 1.88 bits per heavy atom. The fraction of sp³-hybridized carbons (Fsp3) is 0.846. The summed E-state index contributed by atoms with van der Waals surface area (Å²) in [6.07, 6.45) is 4.14. The fourth-order valence-electron chi connectivity index (χ4n) is 1.79. The molecule has 0 saturated heterocycles. The lowest BCUT2D eigenvalue weighted by Crippen LogP contribution is -2.43. The van der Waals surface area contributed by atoms with E-state index in [1.807, 2.05) is 4.90 Å². The van der Waals surface area contributed by atoms with E-state index in [9.17, 15) is 14.7 Å². The molecule has 0 aliphatic rings. The van der Waals surface area contributed by atoms with Gasteiger partial charge in [0.15, 0.2) is 0 Å². The van der Waals surface area contributed by atoms with Crippen molar-refractivity contribution >= 4 is 11.8 Å². The Balaban J connectivity index is 4.54. The third-order valence-electron chi connectivity index (χ3n) is 2.80. The van der Waals surface area contributed by atoms with Crippen molar-refractivity contribution in [2.75, 3.05) is 13.1 Å². The van der Waals surface area contributed by atoms with Gasteiger partial charge < -0.3 is 5.11 Å². The van der Waals surface area contributed by atoms with Crippen molar-refractivity contribution in [1.82, 2.24) is 4.90 Å². The van der Waals surface area contributed by atoms with E-state index >= 15 is 0 Å². The summed E-state index contributed by atoms with van der Waals surface area (Å²) >= 11 is 0. The van der Waals surface area contributed by atoms with E-state index in [4.69, 9.17) is 0 Å². The molecule has 4 heteroatoms. The fourth-order valence-corrected chi connectivity index (χ4v) is 1.79. The van der Waals surface area contributed by atoms with Crippen molar-refractivity contribution in [3.8, 4) is 0 Å². The summed E-state index contributed by atoms with van der Waals surface area (Å²) in [5.41, 5.74) is 0. The smallest absolute Gasteiger partial charge is 0.321 e. The van der Waals surface area contributed by atoms with Gasteiger partial charge in [-0.3, -0.25) is 14.5 Å². The molecular weight excluding hydrogens is 218 g/mol. The number of carbonyl (C=O) groups is 2. The maximum Gasteiger partial charge on any atom is 0.321 e. The number of hydrogen-bond donors (Lipinski definition) is 1. The molecule has 0 rings (SSSR count). The minimum Gasteiger partial charge on any atom is -0.480 e. The zero-order valence-electron chi connectivity index (χ0n) is 11.2. The average molecular weight is 243 g/mol. The van der Waals surface area contributed by atoms with E-state index in [0.29, 0.717) is 0 Å². The highest BCUT2D eigenvalue weighted by Gasteiger charge is 2.25. The number of carboxylic acids is 1. The van der Waals surface area contributed by atoms with Crippen LogP contribution in [0.2, 0.25) is 0 Å². The Kier molecular flexibility index (Phi) is 8.68. The molecule has 100 valence electrons. The number of hydrogen-bond acceptors (Lipinski definition) is 3. The molecule has 0 aromatic carbocycles. The second-order valence-electron chi connectivity index (χ2n) is 4.50. The molecule has 0 spiro atoms. The first-order valence-electron chi connectivity index (χ1n) is 6.49. The molecule has 0 aliphatic carbocycles. The number of rotatable bonds is 10. The molecule has 0 aromatic heterocycles. The van der Waals surface area contributed by atoms with Crippen molar-refractivity contribution in [1.29, 1.82) is 0 Å². The van der Waals surface area contributed by atoms with Crippen LogP contribution >= 0.6 is 0 Å². The standard InChI is InChI=1S/C13H25NO3/c1-4-6-8-14(9-7-5-2)12(13(16)17)10-11(3)15/h12H,4-10H2,1-3H3,(H,16,17). The second kappa shape index (κ2) is 9.16. The van der Waals surface area contributed by atoms with Gasteiger partial charge in [-0.25, -0.2) is 0 Å². The van der Waals surface area contributed by atoms with Gasteiger partial charge in [0.25, 0.3) is 0 Å². The number of Topliss-reactive ketones (excluding diaryl/α,β-unsaturated/α-hetero) is 1. The van der Waals surface area contributed by atoms with Gasteiger partial charge >= 0.3 is 5.97 Å². The van der Waals surface area contributed by atoms with Crippen LogP contribution in [0.4, 0.5) is 0 Å². The molecule has 0 aromatic rings. The highest BCUT2D eigenvalue weighted by atomic mass is 16.4. The van der Waals surface area contributed by atoms with Crippen LogP contribution in [0.1, 0.15) is 52.9 Å². The molecule has 0 heterocycles. The van der Waals surface area contributed by atoms with E-state index in [1.54, 1.807) is 0 Å². The maximum absolute atomic E-state index is 11.2. The van der Waals surface area contributed by atoms with Crippen molar-refractivity contribution in [2.24, 2.45) is 0 Å². The SMILES string of the molecule is CCCCN(CCCC)C(CC(C)=O)C(=O)O. The molecule has 0 fully saturated rings. The molecule has 0 amide bonds. The maximum atomic E-state index is 11.2. The van der Waals surface area contributed by atoms with Gasteiger partial charge in [0.2, 0.25) is 0 Å². The number of nitrogens with zero attached hydrogens (tertiary/aromatic N) is 1. The zero-order chi connectivity index (χ0) is 13.3. The highest BCUT2D eigenvalue weighted by molar-refractivity contribution is 5.84. The van der Waals surface area contributed by atoms with Crippen LogP contribution in [0, 0.1) is 0 Å². The van der Waals surface area contributed by atoms with Crippen LogP contribution in [0.25, 0.3) is 0 Å². The van der Waals surface area contributed by atoms with E-state index in [1.165, 1.54) is 6.92 Å². The Hall–Kier alpha value is -0.900. The third-order valence-corrected chi connectivity index (χ3v) is 2.80. The van der Waals surface area contributed by atoms with Crippen LogP contribution in [0.15, 0.2) is 0 Å². The largest absolute Gasteiger partial charge is 0.480 e. The van der Waals surface area contributed by atoms with Gasteiger partial charge in [-0.2, -0.15) is 0 Å². The van der Waals surface area contributed by atoms with Crippen LogP contribution in [-0.4, -0.2) is 40.9 Å². The monoisotopic (exact) mass is 243 g/mol. The van der Waals surface area contributed by atoms with Gasteiger partial charge in [0.1, 0.15) is 11.8 Å². The van der Waals surface area contributed by atoms with Gasteiger partial charge in [0, 0.05) is 6.42 Å². The molecule has 0 radical (unpaired) electrons. The number of aliphatic carboxylic acids is 1. The Morgan fingerprint density at radius 2 is 1.59 bits per heavy atom. The lowest BCUT2D eigenvalue weighted by Gasteiger charge is -2.28. The predicted molar refractivity (Wildman–Crippen MR) is 68.1 cm³/mol. The Labute approximate surface area is 104 Å². The second-order valence-corrected chi connectivity index (χ2v) is 4.50. The van der Waals surface area contributed by atoms with Crippen molar-refractivity contribution in [2.45, 2.75) is 58.9 Å². The van der Waals surface area contributed by atoms with Crippen LogP contribution in [0.3, 0.4) is 0 Å². The Bertz CT molecular complexity index is 233. The first-order valence-corrected chi connectivity index (χ1v) is 6.49. The molecule has 0 aliphatic heterocycles. The lowest BCUT2D eigenvalue weighted by molar-refractivity contribution is -0.145. The highest BCUT2D eigenvalue weighted by Crippen LogP contribution is 2.09. The first kappa shape index (κ1) is 16.1. The van der Waals surface area contributed by atoms with Crippen molar-refractivity contribution in [3.05, 3.63) is 0 Å². The summed E-state index contributed by atoms with van der Waals surface area (Å²) in [4.78, 5) is 24.3. The number of unbranched alkanes of at least 4 members (excludes halogenated alkanes) is 2. The molecule has 4 nitrogen and oxygen atoms in total. The van der Waals surface area contributed by atoms with Crippen LogP contribution in [0.5, 0.6) is 0 Å². The molecule has 0 bridgehead atoms. The first-order chi connectivity index (χ1) is 8.02.